The highest BCUT2D eigenvalue weighted by atomic mass is 16.1. The molecule has 1 fully saturated rings. The van der Waals surface area contributed by atoms with E-state index >= 15 is 0 Å². The van der Waals surface area contributed by atoms with Crippen molar-refractivity contribution in [3.05, 3.63) is 59.9 Å². The van der Waals surface area contributed by atoms with Crippen molar-refractivity contribution in [1.82, 2.24) is 15.2 Å². The number of rotatable bonds is 5. The monoisotopic (exact) mass is 324 g/mol. The van der Waals surface area contributed by atoms with Crippen LogP contribution in [-0.4, -0.2) is 55.6 Å². The summed E-state index contributed by atoms with van der Waals surface area (Å²) in [6.45, 7) is 4.64. The molecule has 5 nitrogen and oxygen atoms in total. The lowest BCUT2D eigenvalue weighted by Crippen LogP contribution is -2.44. The summed E-state index contributed by atoms with van der Waals surface area (Å²) >= 11 is 0. The number of nitrogens with zero attached hydrogens (tertiary/aromatic N) is 3. The van der Waals surface area contributed by atoms with Crippen LogP contribution in [0.25, 0.3) is 0 Å². The van der Waals surface area contributed by atoms with Gasteiger partial charge >= 0.3 is 0 Å². The largest absolute Gasteiger partial charge is 0.368 e. The maximum atomic E-state index is 12.3. The molecule has 1 amide bonds. The van der Waals surface area contributed by atoms with Gasteiger partial charge in [-0.2, -0.15) is 0 Å². The fourth-order valence-corrected chi connectivity index (χ4v) is 2.86. The molecule has 126 valence electrons. The maximum Gasteiger partial charge on any atom is 0.252 e. The van der Waals surface area contributed by atoms with E-state index in [1.54, 1.807) is 6.20 Å². The highest BCUT2D eigenvalue weighted by molar-refractivity contribution is 5.94. The average molecular weight is 324 g/mol. The molecule has 0 unspecified atom stereocenters. The molecule has 0 spiro atoms. The summed E-state index contributed by atoms with van der Waals surface area (Å²) in [5, 5.41) is 2.98. The van der Waals surface area contributed by atoms with Crippen molar-refractivity contribution in [1.29, 1.82) is 0 Å². The van der Waals surface area contributed by atoms with Crippen LogP contribution < -0.4 is 10.2 Å². The summed E-state index contributed by atoms with van der Waals surface area (Å²) in [6.07, 6.45) is 4.31. The predicted octanol–water partition coefficient (Wildman–Crippen LogP) is 1.81. The molecule has 24 heavy (non-hydrogen) atoms. The lowest BCUT2D eigenvalue weighted by molar-refractivity contribution is 0.0954. The molecule has 1 aromatic carbocycles. The van der Waals surface area contributed by atoms with Crippen LogP contribution in [0, 0.1) is 0 Å². The fourth-order valence-electron chi connectivity index (χ4n) is 2.86. The maximum absolute atomic E-state index is 12.3. The van der Waals surface area contributed by atoms with Gasteiger partial charge in [0.2, 0.25) is 0 Å². The third-order valence-electron chi connectivity index (χ3n) is 4.40. The summed E-state index contributed by atoms with van der Waals surface area (Å²) in [7, 11) is 2.13. The van der Waals surface area contributed by atoms with E-state index in [9.17, 15) is 4.79 Å². The van der Waals surface area contributed by atoms with Crippen LogP contribution in [0.4, 0.5) is 5.69 Å². The van der Waals surface area contributed by atoms with Gasteiger partial charge < -0.3 is 15.1 Å². The van der Waals surface area contributed by atoms with Crippen molar-refractivity contribution in [2.75, 3.05) is 44.7 Å². The van der Waals surface area contributed by atoms with E-state index in [1.807, 2.05) is 30.5 Å². The van der Waals surface area contributed by atoms with Crippen LogP contribution in [0.2, 0.25) is 0 Å². The Kier molecular flexibility index (Phi) is 5.43. The van der Waals surface area contributed by atoms with E-state index in [0.29, 0.717) is 12.1 Å². The molecule has 0 bridgehead atoms. The average Bonchev–Trinajstić information content (AvgIpc) is 2.63. The number of piperazine rings is 1. The zero-order valence-electron chi connectivity index (χ0n) is 14.1. The van der Waals surface area contributed by atoms with Crippen LogP contribution in [-0.2, 0) is 6.42 Å². The molecule has 0 aliphatic carbocycles. The molecule has 1 aliphatic heterocycles. The van der Waals surface area contributed by atoms with Gasteiger partial charge in [0.25, 0.3) is 5.91 Å². The molecule has 1 N–H and O–H groups in total. The number of pyridine rings is 1. The van der Waals surface area contributed by atoms with Gasteiger partial charge in [0.1, 0.15) is 0 Å². The van der Waals surface area contributed by atoms with Crippen LogP contribution in [0.1, 0.15) is 15.9 Å². The molecular weight excluding hydrogens is 300 g/mol. The minimum atomic E-state index is -0.0607. The molecule has 2 heterocycles. The number of hydrogen-bond acceptors (Lipinski definition) is 4. The summed E-state index contributed by atoms with van der Waals surface area (Å²) in [5.41, 5.74) is 2.88. The Hall–Kier alpha value is -2.40. The van der Waals surface area contributed by atoms with Crippen LogP contribution in [0.15, 0.2) is 48.8 Å². The minimum absolute atomic E-state index is 0.0607. The van der Waals surface area contributed by atoms with Crippen molar-refractivity contribution in [2.24, 2.45) is 0 Å². The van der Waals surface area contributed by atoms with E-state index in [2.05, 4.69) is 39.3 Å². The van der Waals surface area contributed by atoms with E-state index < -0.39 is 0 Å². The first kappa shape index (κ1) is 16.5. The zero-order chi connectivity index (χ0) is 16.8. The number of nitrogens with one attached hydrogen (secondary N) is 1. The number of aromatic nitrogens is 1. The van der Waals surface area contributed by atoms with Gasteiger partial charge in [0, 0.05) is 38.9 Å². The first-order valence-electron chi connectivity index (χ1n) is 8.43. The lowest BCUT2D eigenvalue weighted by Gasteiger charge is -2.33. The van der Waals surface area contributed by atoms with E-state index in [0.717, 1.165) is 38.3 Å². The van der Waals surface area contributed by atoms with Gasteiger partial charge in [-0.15, -0.1) is 0 Å². The van der Waals surface area contributed by atoms with Gasteiger partial charge in [-0.1, -0.05) is 30.3 Å². The summed E-state index contributed by atoms with van der Waals surface area (Å²) in [5.74, 6) is -0.0607. The first-order chi connectivity index (χ1) is 11.7. The smallest absolute Gasteiger partial charge is 0.252 e. The molecule has 3 rings (SSSR count). The lowest BCUT2D eigenvalue weighted by atomic mass is 10.1. The second-order valence-electron chi connectivity index (χ2n) is 6.21. The van der Waals surface area contributed by atoms with Crippen molar-refractivity contribution in [3.8, 4) is 0 Å². The Morgan fingerprint density at radius 1 is 1.12 bits per heavy atom. The fraction of sp³-hybridized carbons (Fsp3) is 0.368. The molecule has 2 aromatic rings. The number of amides is 1. The van der Waals surface area contributed by atoms with E-state index in [4.69, 9.17) is 0 Å². The number of anilines is 1. The number of hydrogen-bond donors (Lipinski definition) is 1. The summed E-state index contributed by atoms with van der Waals surface area (Å²) < 4.78 is 0. The Balaban J connectivity index is 1.56. The molecule has 0 radical (unpaired) electrons. The molecule has 1 aromatic heterocycles. The highest BCUT2D eigenvalue weighted by Gasteiger charge is 2.16. The number of carbonyl (C=O) groups is 1. The quantitative estimate of drug-likeness (QED) is 0.911. The minimum Gasteiger partial charge on any atom is -0.368 e. The van der Waals surface area contributed by atoms with Crippen LogP contribution in [0.5, 0.6) is 0 Å². The number of carbonyl (C=O) groups excluding carboxylic acids is 1. The SMILES string of the molecule is CN1CCN(c2cncc(C(=O)NCCc3ccccc3)c2)CC1. The second kappa shape index (κ2) is 7.93. The van der Waals surface area contributed by atoms with Crippen molar-refractivity contribution < 1.29 is 4.79 Å². The number of likely N-dealkylation sites (N-methyl/N-ethyl adjacent to an activating group) is 1. The van der Waals surface area contributed by atoms with Gasteiger partial charge in [-0.05, 0) is 25.1 Å². The summed E-state index contributed by atoms with van der Waals surface area (Å²) in [6, 6.07) is 12.1. The molecule has 0 atom stereocenters. The van der Waals surface area contributed by atoms with Gasteiger partial charge in [-0.3, -0.25) is 9.78 Å². The van der Waals surface area contributed by atoms with Gasteiger partial charge in [0.05, 0.1) is 17.4 Å². The predicted molar refractivity (Wildman–Crippen MR) is 96.4 cm³/mol. The number of benzene rings is 1. The van der Waals surface area contributed by atoms with Crippen molar-refractivity contribution >= 4 is 11.6 Å². The Morgan fingerprint density at radius 3 is 2.62 bits per heavy atom. The normalized spacial score (nSPS) is 15.3. The van der Waals surface area contributed by atoms with Crippen LogP contribution in [0.3, 0.4) is 0 Å². The van der Waals surface area contributed by atoms with E-state index in [1.165, 1.54) is 5.56 Å². The third kappa shape index (κ3) is 4.32. The first-order valence-corrected chi connectivity index (χ1v) is 8.43. The van der Waals surface area contributed by atoms with E-state index in [-0.39, 0.29) is 5.91 Å². The Morgan fingerprint density at radius 2 is 1.88 bits per heavy atom. The molecule has 0 saturated carbocycles. The third-order valence-corrected chi connectivity index (χ3v) is 4.40. The standard InChI is InChI=1S/C19H24N4O/c1-22-9-11-23(12-10-22)18-13-17(14-20-15-18)19(24)21-8-7-16-5-3-2-4-6-16/h2-6,13-15H,7-12H2,1H3,(H,21,24). The topological polar surface area (TPSA) is 48.5 Å². The zero-order valence-corrected chi connectivity index (χ0v) is 14.1. The summed E-state index contributed by atoms with van der Waals surface area (Å²) in [4.78, 5) is 21.2. The molecule has 1 saturated heterocycles. The molecular formula is C19H24N4O. The highest BCUT2D eigenvalue weighted by Crippen LogP contribution is 2.16. The molecule has 1 aliphatic rings. The second-order valence-corrected chi connectivity index (χ2v) is 6.21. The Labute approximate surface area is 143 Å². The van der Waals surface area contributed by atoms with Crippen LogP contribution >= 0.6 is 0 Å². The van der Waals surface area contributed by atoms with Gasteiger partial charge in [-0.25, -0.2) is 0 Å². The van der Waals surface area contributed by atoms with Crippen molar-refractivity contribution in [2.45, 2.75) is 6.42 Å². The van der Waals surface area contributed by atoms with Crippen molar-refractivity contribution in [3.63, 3.8) is 0 Å². The van der Waals surface area contributed by atoms with Gasteiger partial charge in [0.15, 0.2) is 0 Å². The molecule has 5 heteroatoms. The Bertz CT molecular complexity index is 666.